The van der Waals surface area contributed by atoms with Crippen molar-refractivity contribution in [3.05, 3.63) is 60.2 Å². The van der Waals surface area contributed by atoms with Crippen LogP contribution in [0.4, 0.5) is 14.5 Å². The highest BCUT2D eigenvalue weighted by Gasteiger charge is 2.47. The predicted octanol–water partition coefficient (Wildman–Crippen LogP) is 0.186. The lowest BCUT2D eigenvalue weighted by atomic mass is 10.2. The molecule has 2 aromatic carbocycles. The summed E-state index contributed by atoms with van der Waals surface area (Å²) in [6.45, 7) is 1.09. The molecule has 0 spiro atoms. The van der Waals surface area contributed by atoms with Gasteiger partial charge >= 0.3 is 0 Å². The molecule has 0 bridgehead atoms. The molecule has 0 saturated carbocycles. The Kier molecular flexibility index (Phi) is 5.39. The maximum absolute atomic E-state index is 14.1. The minimum absolute atomic E-state index is 0.101. The van der Waals surface area contributed by atoms with E-state index in [0.717, 1.165) is 21.9 Å². The molecule has 4 rings (SSSR count). The second-order valence-corrected chi connectivity index (χ2v) is 9.23. The Bertz CT molecular complexity index is 1090. The fourth-order valence-corrected chi connectivity index (χ4v) is 5.43. The number of halogens is 2. The zero-order valence-electron chi connectivity index (χ0n) is 15.9. The van der Waals surface area contributed by atoms with Gasteiger partial charge in [-0.25, -0.2) is 22.1 Å². The summed E-state index contributed by atoms with van der Waals surface area (Å²) in [5.41, 5.74) is -0.265. The molecule has 7 nitrogen and oxygen atoms in total. The molecule has 30 heavy (non-hydrogen) atoms. The van der Waals surface area contributed by atoms with Crippen molar-refractivity contribution < 1.29 is 31.7 Å². The van der Waals surface area contributed by atoms with Gasteiger partial charge in [-0.05, 0) is 24.3 Å². The van der Waals surface area contributed by atoms with Crippen molar-refractivity contribution in [3.63, 3.8) is 0 Å². The normalized spacial score (nSPS) is 21.4. The molecule has 2 saturated heterocycles. The van der Waals surface area contributed by atoms with Crippen LogP contribution < -0.4 is 9.80 Å². The highest BCUT2D eigenvalue weighted by atomic mass is 32.2. The van der Waals surface area contributed by atoms with Crippen molar-refractivity contribution in [2.75, 3.05) is 31.1 Å². The standard InChI is InChI=1S/C20H19F2N3O4S/c21-14-6-7-17(16(22)12-14)25-19(26)13-18(20(25)27)23-8-10-24(11-9-23)30(28,29)15-4-2-1-3-5-15/h1-7,12,18H,8-11,13H2/p+1/t18-/m1/s1. The van der Waals surface area contributed by atoms with Gasteiger partial charge in [-0.1, -0.05) is 18.2 Å². The van der Waals surface area contributed by atoms with Gasteiger partial charge in [-0.15, -0.1) is 0 Å². The zero-order valence-corrected chi connectivity index (χ0v) is 16.7. The summed E-state index contributed by atoms with van der Waals surface area (Å²) >= 11 is 0. The molecule has 0 aromatic heterocycles. The van der Waals surface area contributed by atoms with Crippen molar-refractivity contribution in [2.45, 2.75) is 17.4 Å². The van der Waals surface area contributed by atoms with Crippen LogP contribution in [0.2, 0.25) is 0 Å². The van der Waals surface area contributed by atoms with Gasteiger partial charge in [0.1, 0.15) is 11.6 Å². The Hall–Kier alpha value is -2.69. The molecule has 2 fully saturated rings. The summed E-state index contributed by atoms with van der Waals surface area (Å²) in [7, 11) is -3.62. The highest BCUT2D eigenvalue weighted by molar-refractivity contribution is 7.89. The number of carbonyl (C=O) groups is 2. The van der Waals surface area contributed by atoms with E-state index in [1.54, 1.807) is 18.2 Å². The summed E-state index contributed by atoms with van der Waals surface area (Å²) < 4.78 is 54.1. The Morgan fingerprint density at radius 3 is 2.27 bits per heavy atom. The van der Waals surface area contributed by atoms with Crippen LogP contribution in [-0.2, 0) is 19.6 Å². The third-order valence-corrected chi connectivity index (χ3v) is 7.45. The SMILES string of the molecule is O=C1C[C@@H]([NH+]2CCN(S(=O)(=O)c3ccccc3)CC2)C(=O)N1c1ccc(F)cc1F. The quantitative estimate of drug-likeness (QED) is 0.694. The van der Waals surface area contributed by atoms with Gasteiger partial charge < -0.3 is 4.90 Å². The second kappa shape index (κ2) is 7.86. The minimum Gasteiger partial charge on any atom is -0.322 e. The molecule has 1 N–H and O–H groups in total. The minimum atomic E-state index is -3.62. The maximum atomic E-state index is 14.1. The van der Waals surface area contributed by atoms with Crippen LogP contribution in [-0.4, -0.2) is 56.8 Å². The van der Waals surface area contributed by atoms with Crippen LogP contribution >= 0.6 is 0 Å². The number of quaternary nitrogens is 1. The molecular weight excluding hydrogens is 416 g/mol. The Labute approximate surface area is 172 Å². The van der Waals surface area contributed by atoms with Crippen LogP contribution in [0.15, 0.2) is 53.4 Å². The first-order valence-electron chi connectivity index (χ1n) is 9.50. The molecule has 10 heteroatoms. The van der Waals surface area contributed by atoms with Crippen LogP contribution in [0.3, 0.4) is 0 Å². The number of carbonyl (C=O) groups excluding carboxylic acids is 2. The van der Waals surface area contributed by atoms with E-state index in [4.69, 9.17) is 0 Å². The Morgan fingerprint density at radius 1 is 0.967 bits per heavy atom. The van der Waals surface area contributed by atoms with E-state index in [0.29, 0.717) is 19.2 Å². The largest absolute Gasteiger partial charge is 0.322 e. The molecule has 158 valence electrons. The molecule has 2 aromatic rings. The molecule has 1 atom stereocenters. The molecule has 2 amide bonds. The van der Waals surface area contributed by atoms with E-state index >= 15 is 0 Å². The third-order valence-electron chi connectivity index (χ3n) is 5.54. The molecule has 0 unspecified atom stereocenters. The second-order valence-electron chi connectivity index (χ2n) is 7.30. The van der Waals surface area contributed by atoms with Crippen LogP contribution in [0.5, 0.6) is 0 Å². The lowest BCUT2D eigenvalue weighted by Crippen LogP contribution is -3.19. The first kappa shape index (κ1) is 20.6. The summed E-state index contributed by atoms with van der Waals surface area (Å²) in [4.78, 5) is 27.0. The van der Waals surface area contributed by atoms with Crippen LogP contribution in [0.25, 0.3) is 0 Å². The van der Waals surface area contributed by atoms with Crippen molar-refractivity contribution in [1.29, 1.82) is 0 Å². The van der Waals surface area contributed by atoms with Crippen molar-refractivity contribution in [1.82, 2.24) is 4.31 Å². The number of imide groups is 1. The molecule has 2 heterocycles. The summed E-state index contributed by atoms with van der Waals surface area (Å²) in [6, 6.07) is 10.1. The van der Waals surface area contributed by atoms with E-state index in [2.05, 4.69) is 0 Å². The fourth-order valence-electron chi connectivity index (χ4n) is 3.97. The van der Waals surface area contributed by atoms with Gasteiger partial charge in [0.05, 0.1) is 43.2 Å². The van der Waals surface area contributed by atoms with Gasteiger partial charge in [-0.2, -0.15) is 4.31 Å². The zero-order chi connectivity index (χ0) is 21.5. The van der Waals surface area contributed by atoms with E-state index in [-0.39, 0.29) is 30.1 Å². The number of benzene rings is 2. The molecule has 2 aliphatic rings. The number of sulfonamides is 1. The summed E-state index contributed by atoms with van der Waals surface area (Å²) in [5.74, 6) is -2.89. The van der Waals surface area contributed by atoms with E-state index in [9.17, 15) is 26.8 Å². The lowest BCUT2D eigenvalue weighted by Gasteiger charge is -2.33. The number of hydrogen-bond acceptors (Lipinski definition) is 4. The number of amides is 2. The van der Waals surface area contributed by atoms with Crippen molar-refractivity contribution in [2.24, 2.45) is 0 Å². The maximum Gasteiger partial charge on any atom is 0.292 e. The van der Waals surface area contributed by atoms with Crippen molar-refractivity contribution >= 4 is 27.5 Å². The van der Waals surface area contributed by atoms with E-state index in [1.165, 1.54) is 16.4 Å². The topological polar surface area (TPSA) is 79.2 Å². The first-order chi connectivity index (χ1) is 14.3. The van der Waals surface area contributed by atoms with Gasteiger partial charge in [0.15, 0.2) is 6.04 Å². The predicted molar refractivity (Wildman–Crippen MR) is 103 cm³/mol. The first-order valence-corrected chi connectivity index (χ1v) is 10.9. The van der Waals surface area contributed by atoms with E-state index < -0.39 is 39.5 Å². The van der Waals surface area contributed by atoms with Gasteiger partial charge in [-0.3, -0.25) is 9.59 Å². The molecule has 2 aliphatic heterocycles. The summed E-state index contributed by atoms with van der Waals surface area (Å²) in [6.07, 6.45) is -0.101. The average molecular weight is 436 g/mol. The van der Waals surface area contributed by atoms with Crippen LogP contribution in [0, 0.1) is 11.6 Å². The highest BCUT2D eigenvalue weighted by Crippen LogP contribution is 2.26. The van der Waals surface area contributed by atoms with E-state index in [1.807, 2.05) is 0 Å². The third kappa shape index (κ3) is 3.62. The van der Waals surface area contributed by atoms with Crippen molar-refractivity contribution in [3.8, 4) is 0 Å². The van der Waals surface area contributed by atoms with Gasteiger partial charge in [0.25, 0.3) is 5.91 Å². The average Bonchev–Trinajstić information content (AvgIpc) is 3.03. The number of rotatable bonds is 4. The molecular formula is C20H20F2N3O4S+. The van der Waals surface area contributed by atoms with Gasteiger partial charge in [0, 0.05) is 6.07 Å². The monoisotopic (exact) mass is 436 g/mol. The lowest BCUT2D eigenvalue weighted by molar-refractivity contribution is -0.918. The summed E-state index contributed by atoms with van der Waals surface area (Å²) in [5, 5.41) is 0. The fraction of sp³-hybridized carbons (Fsp3) is 0.300. The Morgan fingerprint density at radius 2 is 1.63 bits per heavy atom. The smallest absolute Gasteiger partial charge is 0.292 e. The van der Waals surface area contributed by atoms with Gasteiger partial charge in [0.2, 0.25) is 15.9 Å². The number of nitrogens with zero attached hydrogens (tertiary/aromatic N) is 2. The number of anilines is 1. The molecule has 0 radical (unpaired) electrons. The Balaban J connectivity index is 1.47. The number of piperazine rings is 1. The number of hydrogen-bond donors (Lipinski definition) is 1. The van der Waals surface area contributed by atoms with Crippen LogP contribution in [0.1, 0.15) is 6.42 Å². The number of nitrogens with one attached hydrogen (secondary N) is 1. The molecule has 0 aliphatic carbocycles.